The van der Waals surface area contributed by atoms with E-state index in [4.69, 9.17) is 16.2 Å². The Kier molecular flexibility index (Phi) is 5.27. The van der Waals surface area contributed by atoms with Crippen molar-refractivity contribution >= 4 is 17.6 Å². The average molecular weight is 331 g/mol. The van der Waals surface area contributed by atoms with E-state index in [1.807, 2.05) is 0 Å². The van der Waals surface area contributed by atoms with Crippen molar-refractivity contribution in [1.82, 2.24) is 4.90 Å². The molecule has 10 heteroatoms. The lowest BCUT2D eigenvalue weighted by molar-refractivity contribution is -0.274. The molecule has 2 rings (SSSR count). The van der Waals surface area contributed by atoms with Gasteiger partial charge in [0.15, 0.2) is 5.96 Å². The molecular weight excluding hydrogens is 315 g/mol. The molecule has 0 aromatic heterocycles. The number of alkyl halides is 3. The Balaban J connectivity index is 2.02. The van der Waals surface area contributed by atoms with Gasteiger partial charge in [0, 0.05) is 13.1 Å². The van der Waals surface area contributed by atoms with E-state index in [0.717, 1.165) is 12.1 Å². The maximum absolute atomic E-state index is 12.1. The number of aliphatic imine (C=N–C) groups is 2. The molecule has 0 amide bonds. The maximum atomic E-state index is 12.1. The summed E-state index contributed by atoms with van der Waals surface area (Å²) in [6.07, 6.45) is -4.74. The second-order valence-corrected chi connectivity index (χ2v) is 4.58. The second kappa shape index (κ2) is 7.18. The van der Waals surface area contributed by atoms with E-state index in [2.05, 4.69) is 14.7 Å². The Labute approximate surface area is 130 Å². The van der Waals surface area contributed by atoms with Crippen molar-refractivity contribution < 1.29 is 22.6 Å². The third kappa shape index (κ3) is 5.66. The predicted molar refractivity (Wildman–Crippen MR) is 78.4 cm³/mol. The molecule has 0 radical (unpaired) electrons. The summed E-state index contributed by atoms with van der Waals surface area (Å²) in [6, 6.07) is 4.92. The fourth-order valence-corrected chi connectivity index (χ4v) is 1.86. The molecule has 0 aliphatic carbocycles. The van der Waals surface area contributed by atoms with E-state index in [1.54, 1.807) is 4.90 Å². The SMILES string of the molecule is NC(=Nc1ccc(OC(F)(F)F)cc1)N=C(N)N1CCOCC1. The minimum Gasteiger partial charge on any atom is -0.406 e. The van der Waals surface area contributed by atoms with E-state index >= 15 is 0 Å². The molecule has 1 heterocycles. The van der Waals surface area contributed by atoms with Crippen LogP contribution in [0, 0.1) is 0 Å². The highest BCUT2D eigenvalue weighted by molar-refractivity contribution is 5.94. The van der Waals surface area contributed by atoms with Crippen LogP contribution in [0.1, 0.15) is 0 Å². The van der Waals surface area contributed by atoms with Gasteiger partial charge in [-0.2, -0.15) is 4.99 Å². The minimum atomic E-state index is -4.74. The summed E-state index contributed by atoms with van der Waals surface area (Å²) in [7, 11) is 0. The predicted octanol–water partition coefficient (Wildman–Crippen LogP) is 1.18. The quantitative estimate of drug-likeness (QED) is 0.626. The number of guanidine groups is 2. The first-order chi connectivity index (χ1) is 10.8. The number of halogens is 3. The van der Waals surface area contributed by atoms with Gasteiger partial charge in [0.2, 0.25) is 5.96 Å². The van der Waals surface area contributed by atoms with Crippen LogP contribution >= 0.6 is 0 Å². The Morgan fingerprint density at radius 2 is 1.74 bits per heavy atom. The van der Waals surface area contributed by atoms with E-state index < -0.39 is 6.36 Å². The standard InChI is InChI=1S/C13H16F3N5O2/c14-13(15,16)23-10-3-1-9(2-4-10)19-11(17)20-12(18)21-5-7-22-8-6-21/h1-4H,5-8H2,(H4,17,18,19,20). The van der Waals surface area contributed by atoms with Gasteiger partial charge >= 0.3 is 6.36 Å². The first kappa shape index (κ1) is 16.9. The molecule has 23 heavy (non-hydrogen) atoms. The van der Waals surface area contributed by atoms with Gasteiger partial charge in [0.25, 0.3) is 0 Å². The summed E-state index contributed by atoms with van der Waals surface area (Å²) in [6.45, 7) is 2.31. The number of nitrogens with two attached hydrogens (primary N) is 2. The molecule has 4 N–H and O–H groups in total. The number of hydrogen-bond acceptors (Lipinski definition) is 3. The lowest BCUT2D eigenvalue weighted by Gasteiger charge is -2.27. The molecule has 0 unspecified atom stereocenters. The lowest BCUT2D eigenvalue weighted by atomic mass is 10.3. The first-order valence-corrected chi connectivity index (χ1v) is 6.70. The molecule has 1 aromatic carbocycles. The average Bonchev–Trinajstić information content (AvgIpc) is 2.48. The summed E-state index contributed by atoms with van der Waals surface area (Å²) in [5.41, 5.74) is 11.8. The molecule has 1 aliphatic heterocycles. The monoisotopic (exact) mass is 331 g/mol. The van der Waals surface area contributed by atoms with Crippen molar-refractivity contribution in [2.24, 2.45) is 21.5 Å². The van der Waals surface area contributed by atoms with Crippen molar-refractivity contribution in [2.45, 2.75) is 6.36 Å². The number of ether oxygens (including phenoxy) is 2. The molecule has 1 aromatic rings. The van der Waals surface area contributed by atoms with E-state index in [0.29, 0.717) is 32.0 Å². The molecule has 0 spiro atoms. The molecule has 1 saturated heterocycles. The summed E-state index contributed by atoms with van der Waals surface area (Å²) in [5.74, 6) is -0.226. The van der Waals surface area contributed by atoms with Crippen LogP contribution in [0.3, 0.4) is 0 Å². The summed E-state index contributed by atoms with van der Waals surface area (Å²) in [5, 5.41) is 0. The van der Waals surface area contributed by atoms with Crippen LogP contribution < -0.4 is 16.2 Å². The molecule has 1 fully saturated rings. The third-order valence-electron chi connectivity index (χ3n) is 2.88. The zero-order valence-corrected chi connectivity index (χ0v) is 12.1. The molecule has 126 valence electrons. The van der Waals surface area contributed by atoms with Crippen LogP contribution in [0.4, 0.5) is 18.9 Å². The topological polar surface area (TPSA) is 98.5 Å². The van der Waals surface area contributed by atoms with Gasteiger partial charge in [-0.25, -0.2) is 4.99 Å². The van der Waals surface area contributed by atoms with Gasteiger partial charge in [-0.05, 0) is 24.3 Å². The van der Waals surface area contributed by atoms with Crippen molar-refractivity contribution in [3.05, 3.63) is 24.3 Å². The van der Waals surface area contributed by atoms with Gasteiger partial charge in [-0.15, -0.1) is 13.2 Å². The van der Waals surface area contributed by atoms with Gasteiger partial charge in [-0.1, -0.05) is 0 Å². The van der Waals surface area contributed by atoms with Crippen LogP contribution in [0.5, 0.6) is 5.75 Å². The lowest BCUT2D eigenvalue weighted by Crippen LogP contribution is -2.45. The number of rotatable bonds is 2. The fourth-order valence-electron chi connectivity index (χ4n) is 1.86. The van der Waals surface area contributed by atoms with E-state index in [-0.39, 0.29) is 17.7 Å². The Bertz CT molecular complexity index is 580. The van der Waals surface area contributed by atoms with Crippen molar-refractivity contribution in [3.63, 3.8) is 0 Å². The molecule has 0 atom stereocenters. The summed E-state index contributed by atoms with van der Waals surface area (Å²) >= 11 is 0. The highest BCUT2D eigenvalue weighted by Gasteiger charge is 2.30. The number of benzene rings is 1. The van der Waals surface area contributed by atoms with Gasteiger partial charge < -0.3 is 25.8 Å². The highest BCUT2D eigenvalue weighted by Crippen LogP contribution is 2.24. The normalized spacial score (nSPS) is 17.3. The van der Waals surface area contributed by atoms with Crippen LogP contribution in [-0.2, 0) is 4.74 Å². The van der Waals surface area contributed by atoms with Gasteiger partial charge in [-0.3, -0.25) is 0 Å². The number of hydrogen-bond donors (Lipinski definition) is 2. The van der Waals surface area contributed by atoms with E-state index in [9.17, 15) is 13.2 Å². The molecule has 0 saturated carbocycles. The fraction of sp³-hybridized carbons (Fsp3) is 0.385. The molecule has 7 nitrogen and oxygen atoms in total. The van der Waals surface area contributed by atoms with Crippen LogP contribution in [0.15, 0.2) is 34.3 Å². The Hall–Kier alpha value is -2.49. The number of nitrogens with zero attached hydrogens (tertiary/aromatic N) is 3. The Morgan fingerprint density at radius 3 is 2.30 bits per heavy atom. The van der Waals surface area contributed by atoms with Crippen molar-refractivity contribution in [3.8, 4) is 5.75 Å². The van der Waals surface area contributed by atoms with Crippen LogP contribution in [0.25, 0.3) is 0 Å². The number of morpholine rings is 1. The zero-order valence-electron chi connectivity index (χ0n) is 12.1. The van der Waals surface area contributed by atoms with Crippen molar-refractivity contribution in [1.29, 1.82) is 0 Å². The first-order valence-electron chi connectivity index (χ1n) is 6.70. The van der Waals surface area contributed by atoms with Crippen LogP contribution in [-0.4, -0.2) is 49.5 Å². The highest BCUT2D eigenvalue weighted by atomic mass is 19.4. The smallest absolute Gasteiger partial charge is 0.406 e. The third-order valence-corrected chi connectivity index (χ3v) is 2.88. The Morgan fingerprint density at radius 1 is 1.13 bits per heavy atom. The minimum absolute atomic E-state index is 0.0986. The van der Waals surface area contributed by atoms with Gasteiger partial charge in [0.1, 0.15) is 5.75 Å². The van der Waals surface area contributed by atoms with E-state index in [1.165, 1.54) is 12.1 Å². The van der Waals surface area contributed by atoms with Gasteiger partial charge in [0.05, 0.1) is 18.9 Å². The molecule has 1 aliphatic rings. The molecular formula is C13H16F3N5O2. The van der Waals surface area contributed by atoms with Crippen LogP contribution in [0.2, 0.25) is 0 Å². The molecule has 0 bridgehead atoms. The largest absolute Gasteiger partial charge is 0.573 e. The zero-order chi connectivity index (χ0) is 16.9. The maximum Gasteiger partial charge on any atom is 0.573 e. The second-order valence-electron chi connectivity index (χ2n) is 4.58. The summed E-state index contributed by atoms with van der Waals surface area (Å²) in [4.78, 5) is 9.72. The summed E-state index contributed by atoms with van der Waals surface area (Å²) < 4.78 is 45.1. The van der Waals surface area contributed by atoms with Crippen molar-refractivity contribution in [2.75, 3.05) is 26.3 Å².